The lowest BCUT2D eigenvalue weighted by Crippen LogP contribution is -2.34. The number of hydrogen-bond acceptors (Lipinski definition) is 6. The molecule has 0 aromatic heterocycles. The summed E-state index contributed by atoms with van der Waals surface area (Å²) in [6.07, 6.45) is 10.1. The second-order valence-corrected chi connectivity index (χ2v) is 10.1. The molecule has 2 fully saturated rings. The molecule has 2 aliphatic carbocycles. The first-order chi connectivity index (χ1) is 16.0. The van der Waals surface area contributed by atoms with Crippen LogP contribution in [0.25, 0.3) is 0 Å². The number of allylic oxidation sites excluding steroid dienone is 2. The van der Waals surface area contributed by atoms with Crippen LogP contribution < -0.4 is 0 Å². The zero-order valence-corrected chi connectivity index (χ0v) is 19.3. The van der Waals surface area contributed by atoms with E-state index >= 15 is 0 Å². The molecule has 1 aromatic rings. The number of amidine groups is 1. The van der Waals surface area contributed by atoms with Gasteiger partial charge in [0.15, 0.2) is 5.78 Å². The van der Waals surface area contributed by atoms with Crippen LogP contribution in [0, 0.1) is 17.8 Å². The van der Waals surface area contributed by atoms with E-state index in [2.05, 4.69) is 33.1 Å². The summed E-state index contributed by atoms with van der Waals surface area (Å²) in [7, 11) is 1.58. The Hall–Kier alpha value is -2.57. The van der Waals surface area contributed by atoms with Crippen LogP contribution in [-0.2, 0) is 16.0 Å². The van der Waals surface area contributed by atoms with Crippen molar-refractivity contribution in [2.75, 3.05) is 33.3 Å². The summed E-state index contributed by atoms with van der Waals surface area (Å²) in [6, 6.07) is 10.7. The maximum Gasteiger partial charge on any atom is 0.311 e. The van der Waals surface area contributed by atoms with Crippen molar-refractivity contribution in [3.05, 3.63) is 59.2 Å². The fourth-order valence-corrected chi connectivity index (χ4v) is 6.05. The maximum atomic E-state index is 13.0. The van der Waals surface area contributed by atoms with Crippen LogP contribution in [0.3, 0.4) is 0 Å². The Labute approximate surface area is 195 Å². The molecule has 1 saturated heterocycles. The number of ketones is 1. The number of fused-ring (bicyclic) bond motifs is 1. The van der Waals surface area contributed by atoms with E-state index < -0.39 is 5.60 Å². The van der Waals surface area contributed by atoms with Gasteiger partial charge >= 0.3 is 6.02 Å². The highest BCUT2D eigenvalue weighted by atomic mass is 16.5. The molecule has 1 saturated carbocycles. The van der Waals surface area contributed by atoms with E-state index in [9.17, 15) is 9.90 Å². The number of carbonyl (C=O) groups excluding carboxylic acids is 1. The van der Waals surface area contributed by atoms with Gasteiger partial charge in [0.05, 0.1) is 25.8 Å². The number of hydrogen-bond donors (Lipinski definition) is 1. The van der Waals surface area contributed by atoms with Crippen molar-refractivity contribution >= 4 is 18.0 Å². The van der Waals surface area contributed by atoms with Gasteiger partial charge in [-0.3, -0.25) is 9.69 Å². The number of likely N-dealkylation sites (tertiary alicyclic amines) is 1. The highest BCUT2D eigenvalue weighted by Gasteiger charge is 2.48. The van der Waals surface area contributed by atoms with Crippen LogP contribution in [0.15, 0.2) is 63.6 Å². The third kappa shape index (κ3) is 5.02. The summed E-state index contributed by atoms with van der Waals surface area (Å²) in [6.45, 7) is 2.98. The number of carbonyl (C=O) groups is 1. The zero-order valence-electron chi connectivity index (χ0n) is 19.3. The van der Waals surface area contributed by atoms with Crippen molar-refractivity contribution in [3.8, 4) is 0 Å². The lowest BCUT2D eigenvalue weighted by molar-refractivity contribution is -0.116. The van der Waals surface area contributed by atoms with E-state index in [1.807, 2.05) is 30.5 Å². The van der Waals surface area contributed by atoms with Gasteiger partial charge in [0.25, 0.3) is 0 Å². The molecule has 2 aliphatic heterocycles. The SMILES string of the molecule is COC1=NCC(C2=CC=C(C(=O)CN3CC4CC(O)(Cc5ccccc5)CC4C3)CC2)C=N1. The summed E-state index contributed by atoms with van der Waals surface area (Å²) >= 11 is 0. The average Bonchev–Trinajstić information content (AvgIpc) is 3.33. The van der Waals surface area contributed by atoms with Crippen LogP contribution in [0.5, 0.6) is 0 Å². The van der Waals surface area contributed by atoms with E-state index in [1.165, 1.54) is 11.1 Å². The molecule has 0 spiro atoms. The van der Waals surface area contributed by atoms with Crippen molar-refractivity contribution in [1.82, 2.24) is 4.90 Å². The standard InChI is InChI=1S/C27H33N3O3/c1-33-26-28-14-24(15-29-26)20-7-9-21(10-8-20)25(31)18-30-16-22-12-27(32,13-23(22)17-30)11-19-5-3-2-4-6-19/h2-7,9,14,22-24,32H,8,10-13,15-18H2,1H3. The van der Waals surface area contributed by atoms with Crippen LogP contribution >= 0.6 is 0 Å². The summed E-state index contributed by atoms with van der Waals surface area (Å²) in [5.41, 5.74) is 2.80. The van der Waals surface area contributed by atoms with Crippen LogP contribution in [0.2, 0.25) is 0 Å². The van der Waals surface area contributed by atoms with Crippen molar-refractivity contribution in [2.24, 2.45) is 27.7 Å². The summed E-state index contributed by atoms with van der Waals surface area (Å²) in [5.74, 6) is 1.41. The van der Waals surface area contributed by atoms with E-state index in [0.717, 1.165) is 50.8 Å². The van der Waals surface area contributed by atoms with Gasteiger partial charge in [-0.15, -0.1) is 0 Å². The fourth-order valence-electron chi connectivity index (χ4n) is 6.05. The fraction of sp³-hybridized carbons (Fsp3) is 0.519. The molecule has 1 N–H and O–H groups in total. The van der Waals surface area contributed by atoms with Gasteiger partial charge in [-0.2, -0.15) is 0 Å². The predicted molar refractivity (Wildman–Crippen MR) is 129 cm³/mol. The Kier molecular flexibility index (Phi) is 6.30. The molecule has 0 bridgehead atoms. The molecule has 4 aliphatic rings. The van der Waals surface area contributed by atoms with Gasteiger partial charge in [0, 0.05) is 31.6 Å². The number of aliphatic hydroxyl groups is 1. The molecule has 1 aromatic carbocycles. The quantitative estimate of drug-likeness (QED) is 0.727. The first kappa shape index (κ1) is 22.2. The van der Waals surface area contributed by atoms with Gasteiger partial charge in [-0.25, -0.2) is 9.98 Å². The topological polar surface area (TPSA) is 74.5 Å². The Morgan fingerprint density at radius 3 is 2.52 bits per heavy atom. The van der Waals surface area contributed by atoms with Crippen molar-refractivity contribution < 1.29 is 14.6 Å². The zero-order chi connectivity index (χ0) is 22.8. The molecule has 0 amide bonds. The van der Waals surface area contributed by atoms with Gasteiger partial charge in [0.2, 0.25) is 0 Å². The van der Waals surface area contributed by atoms with Crippen LogP contribution in [0.4, 0.5) is 0 Å². The minimum Gasteiger partial charge on any atom is -0.467 e. The van der Waals surface area contributed by atoms with Gasteiger partial charge in [-0.05, 0) is 48.7 Å². The normalized spacial score (nSPS) is 31.6. The molecular formula is C27H33N3O3. The smallest absolute Gasteiger partial charge is 0.311 e. The molecule has 2 heterocycles. The van der Waals surface area contributed by atoms with Crippen LogP contribution in [0.1, 0.15) is 31.2 Å². The molecule has 0 radical (unpaired) electrons. The number of rotatable bonds is 6. The number of ether oxygens (including phenoxy) is 1. The molecule has 33 heavy (non-hydrogen) atoms. The number of aliphatic imine (C=N–C) groups is 2. The van der Waals surface area contributed by atoms with E-state index in [0.29, 0.717) is 30.9 Å². The first-order valence-corrected chi connectivity index (χ1v) is 12.1. The lowest BCUT2D eigenvalue weighted by atomic mass is 9.88. The maximum absolute atomic E-state index is 13.0. The molecule has 5 rings (SSSR count). The Bertz CT molecular complexity index is 997. The van der Waals surface area contributed by atoms with Crippen molar-refractivity contribution in [1.29, 1.82) is 0 Å². The number of nitrogens with zero attached hydrogens (tertiary/aromatic N) is 3. The van der Waals surface area contributed by atoms with Gasteiger partial charge in [-0.1, -0.05) is 48.1 Å². The Morgan fingerprint density at radius 1 is 1.15 bits per heavy atom. The Balaban J connectivity index is 1.12. The minimum atomic E-state index is -0.601. The summed E-state index contributed by atoms with van der Waals surface area (Å²) < 4.78 is 5.06. The van der Waals surface area contributed by atoms with E-state index in [4.69, 9.17) is 4.74 Å². The predicted octanol–water partition coefficient (Wildman–Crippen LogP) is 3.22. The average molecular weight is 448 g/mol. The highest BCUT2D eigenvalue weighted by molar-refractivity contribution is 5.97. The first-order valence-electron chi connectivity index (χ1n) is 12.1. The van der Waals surface area contributed by atoms with Gasteiger partial charge < -0.3 is 9.84 Å². The van der Waals surface area contributed by atoms with E-state index in [1.54, 1.807) is 7.11 Å². The van der Waals surface area contributed by atoms with Crippen LogP contribution in [-0.4, -0.2) is 66.9 Å². The molecule has 6 heteroatoms. The minimum absolute atomic E-state index is 0.199. The summed E-state index contributed by atoms with van der Waals surface area (Å²) in [5, 5.41) is 11.2. The number of Topliss-reactive ketones (excluding diaryl/α,β-unsaturated/α-hetero) is 1. The van der Waals surface area contributed by atoms with Gasteiger partial charge in [0.1, 0.15) is 0 Å². The highest BCUT2D eigenvalue weighted by Crippen LogP contribution is 2.45. The molecule has 6 nitrogen and oxygen atoms in total. The molecule has 3 unspecified atom stereocenters. The molecular weight excluding hydrogens is 414 g/mol. The number of methoxy groups -OCH3 is 1. The van der Waals surface area contributed by atoms with Crippen molar-refractivity contribution in [2.45, 2.75) is 37.7 Å². The third-order valence-corrected chi connectivity index (χ3v) is 7.67. The number of benzene rings is 1. The second-order valence-electron chi connectivity index (χ2n) is 10.1. The molecule has 174 valence electrons. The third-order valence-electron chi connectivity index (χ3n) is 7.67. The largest absolute Gasteiger partial charge is 0.467 e. The van der Waals surface area contributed by atoms with Crippen molar-refractivity contribution in [3.63, 3.8) is 0 Å². The monoisotopic (exact) mass is 447 g/mol. The lowest BCUT2D eigenvalue weighted by Gasteiger charge is -2.26. The Morgan fingerprint density at radius 2 is 1.91 bits per heavy atom. The second kappa shape index (κ2) is 9.35. The van der Waals surface area contributed by atoms with E-state index in [-0.39, 0.29) is 11.7 Å². The summed E-state index contributed by atoms with van der Waals surface area (Å²) in [4.78, 5) is 23.8. The molecule has 3 atom stereocenters.